The molecule has 2 aromatic heterocycles. The Hall–Kier alpha value is -0.930. The van der Waals surface area contributed by atoms with E-state index in [-0.39, 0.29) is 0 Å². The molecule has 0 spiro atoms. The van der Waals surface area contributed by atoms with E-state index >= 15 is 0 Å². The van der Waals surface area contributed by atoms with Crippen molar-refractivity contribution < 1.29 is 0 Å². The van der Waals surface area contributed by atoms with E-state index in [1.807, 2.05) is 18.2 Å². The van der Waals surface area contributed by atoms with Gasteiger partial charge in [-0.05, 0) is 45.6 Å². The Morgan fingerprint density at radius 2 is 1.88 bits per heavy atom. The summed E-state index contributed by atoms with van der Waals surface area (Å²) in [5.74, 6) is 0.323. The molecule has 0 unspecified atom stereocenters. The molecule has 2 aromatic rings. The van der Waals surface area contributed by atoms with Crippen LogP contribution in [0, 0.1) is 0 Å². The van der Waals surface area contributed by atoms with Crippen molar-refractivity contribution in [2.24, 2.45) is 0 Å². The van der Waals surface area contributed by atoms with E-state index in [4.69, 9.17) is 11.6 Å². The van der Waals surface area contributed by atoms with Crippen LogP contribution in [0.4, 0.5) is 0 Å². The fourth-order valence-corrected chi connectivity index (χ4v) is 2.15. The van der Waals surface area contributed by atoms with Gasteiger partial charge in [0, 0.05) is 18.0 Å². The molecule has 0 N–H and O–H groups in total. The SMILES string of the molecule is CC(C)c1nc(Cl)c(Br)cc1-c1ccncc1. The Morgan fingerprint density at radius 1 is 1.24 bits per heavy atom. The predicted molar refractivity (Wildman–Crippen MR) is 74.3 cm³/mol. The molecule has 2 nitrogen and oxygen atoms in total. The fourth-order valence-electron chi connectivity index (χ4n) is 1.68. The van der Waals surface area contributed by atoms with Crippen LogP contribution in [0.25, 0.3) is 11.1 Å². The molecule has 2 heterocycles. The van der Waals surface area contributed by atoms with Crippen molar-refractivity contribution in [1.29, 1.82) is 0 Å². The molecule has 0 aliphatic carbocycles. The third kappa shape index (κ3) is 2.67. The van der Waals surface area contributed by atoms with Gasteiger partial charge >= 0.3 is 0 Å². The first-order valence-electron chi connectivity index (χ1n) is 5.36. The molecular weight excluding hydrogens is 300 g/mol. The van der Waals surface area contributed by atoms with E-state index < -0.39 is 0 Å². The lowest BCUT2D eigenvalue weighted by Crippen LogP contribution is -1.98. The molecule has 4 heteroatoms. The van der Waals surface area contributed by atoms with Gasteiger partial charge in [-0.3, -0.25) is 4.98 Å². The molecule has 0 aliphatic rings. The minimum atomic E-state index is 0.323. The summed E-state index contributed by atoms with van der Waals surface area (Å²) >= 11 is 9.46. The minimum absolute atomic E-state index is 0.323. The van der Waals surface area contributed by atoms with E-state index in [2.05, 4.69) is 39.7 Å². The van der Waals surface area contributed by atoms with Gasteiger partial charge in [0.2, 0.25) is 0 Å². The Labute approximate surface area is 114 Å². The third-order valence-corrected chi connectivity index (χ3v) is 3.62. The van der Waals surface area contributed by atoms with Gasteiger partial charge in [-0.25, -0.2) is 4.98 Å². The molecule has 0 amide bonds. The second-order valence-electron chi connectivity index (χ2n) is 4.08. The van der Waals surface area contributed by atoms with Crippen LogP contribution in [0.3, 0.4) is 0 Å². The molecule has 88 valence electrons. The molecule has 0 bridgehead atoms. The van der Waals surface area contributed by atoms with Crippen molar-refractivity contribution in [3.05, 3.63) is 45.9 Å². The van der Waals surface area contributed by atoms with Crippen molar-refractivity contribution >= 4 is 27.5 Å². The highest BCUT2D eigenvalue weighted by molar-refractivity contribution is 9.10. The van der Waals surface area contributed by atoms with Gasteiger partial charge in [0.15, 0.2) is 0 Å². The van der Waals surface area contributed by atoms with E-state index in [0.717, 1.165) is 21.3 Å². The van der Waals surface area contributed by atoms with Crippen molar-refractivity contribution in [3.8, 4) is 11.1 Å². The summed E-state index contributed by atoms with van der Waals surface area (Å²) in [4.78, 5) is 8.47. The zero-order valence-electron chi connectivity index (χ0n) is 9.61. The van der Waals surface area contributed by atoms with Crippen LogP contribution in [0.1, 0.15) is 25.5 Å². The van der Waals surface area contributed by atoms with Gasteiger partial charge < -0.3 is 0 Å². The molecule has 2 rings (SSSR count). The molecule has 17 heavy (non-hydrogen) atoms. The Morgan fingerprint density at radius 3 is 2.47 bits per heavy atom. The van der Waals surface area contributed by atoms with Crippen LogP contribution in [-0.2, 0) is 0 Å². The van der Waals surface area contributed by atoms with E-state index in [9.17, 15) is 0 Å². The maximum Gasteiger partial charge on any atom is 0.143 e. The second kappa shape index (κ2) is 5.15. The van der Waals surface area contributed by atoms with Crippen LogP contribution in [0.5, 0.6) is 0 Å². The average Bonchev–Trinajstić information content (AvgIpc) is 2.33. The van der Waals surface area contributed by atoms with Crippen LogP contribution in [-0.4, -0.2) is 9.97 Å². The summed E-state index contributed by atoms with van der Waals surface area (Å²) in [6, 6.07) is 5.96. The monoisotopic (exact) mass is 310 g/mol. The number of nitrogens with zero attached hydrogens (tertiary/aromatic N) is 2. The minimum Gasteiger partial charge on any atom is -0.265 e. The number of rotatable bonds is 2. The Balaban J connectivity index is 2.64. The van der Waals surface area contributed by atoms with Crippen LogP contribution in [0.15, 0.2) is 35.1 Å². The maximum absolute atomic E-state index is 6.05. The molecule has 0 aromatic carbocycles. The van der Waals surface area contributed by atoms with Crippen LogP contribution in [0.2, 0.25) is 5.15 Å². The summed E-state index contributed by atoms with van der Waals surface area (Å²) in [6.07, 6.45) is 3.56. The van der Waals surface area contributed by atoms with Gasteiger partial charge in [-0.2, -0.15) is 0 Å². The topological polar surface area (TPSA) is 25.8 Å². The first kappa shape index (κ1) is 12.5. The van der Waals surface area contributed by atoms with E-state index in [1.165, 1.54) is 0 Å². The smallest absolute Gasteiger partial charge is 0.143 e. The Bertz CT molecular complexity index is 526. The number of halogens is 2. The standard InChI is InChI=1S/C13H12BrClN2/c1-8(2)12-10(7-11(14)13(15)17-12)9-3-5-16-6-4-9/h3-8H,1-2H3. The lowest BCUT2D eigenvalue weighted by atomic mass is 9.99. The summed E-state index contributed by atoms with van der Waals surface area (Å²) in [7, 11) is 0. The van der Waals surface area contributed by atoms with Crippen LogP contribution >= 0.6 is 27.5 Å². The predicted octanol–water partition coefficient (Wildman–Crippen LogP) is 4.68. The van der Waals surface area contributed by atoms with Crippen molar-refractivity contribution in [2.75, 3.05) is 0 Å². The normalized spacial score (nSPS) is 10.9. The van der Waals surface area contributed by atoms with E-state index in [0.29, 0.717) is 11.1 Å². The number of aromatic nitrogens is 2. The lowest BCUT2D eigenvalue weighted by molar-refractivity contribution is 0.825. The van der Waals surface area contributed by atoms with Gasteiger partial charge in [-0.15, -0.1) is 0 Å². The first-order valence-corrected chi connectivity index (χ1v) is 6.53. The van der Waals surface area contributed by atoms with Crippen LogP contribution < -0.4 is 0 Å². The van der Waals surface area contributed by atoms with Crippen molar-refractivity contribution in [1.82, 2.24) is 9.97 Å². The summed E-state index contributed by atoms with van der Waals surface area (Å²) < 4.78 is 0.815. The molecule has 0 saturated carbocycles. The quantitative estimate of drug-likeness (QED) is 0.752. The highest BCUT2D eigenvalue weighted by Crippen LogP contribution is 2.33. The molecular formula is C13H12BrClN2. The van der Waals surface area contributed by atoms with Gasteiger partial charge in [0.1, 0.15) is 5.15 Å². The Kier molecular flexibility index (Phi) is 3.79. The number of hydrogen-bond donors (Lipinski definition) is 0. The first-order chi connectivity index (χ1) is 8.09. The molecule has 0 aliphatic heterocycles. The van der Waals surface area contributed by atoms with Gasteiger partial charge in [0.25, 0.3) is 0 Å². The molecule has 0 fully saturated rings. The zero-order chi connectivity index (χ0) is 12.4. The number of pyridine rings is 2. The molecule has 0 saturated heterocycles. The van der Waals surface area contributed by atoms with Crippen molar-refractivity contribution in [2.45, 2.75) is 19.8 Å². The molecule has 0 radical (unpaired) electrons. The maximum atomic E-state index is 6.05. The largest absolute Gasteiger partial charge is 0.265 e. The van der Waals surface area contributed by atoms with E-state index in [1.54, 1.807) is 12.4 Å². The average molecular weight is 312 g/mol. The summed E-state index contributed by atoms with van der Waals surface area (Å²) in [5.41, 5.74) is 3.21. The second-order valence-corrected chi connectivity index (χ2v) is 5.30. The zero-order valence-corrected chi connectivity index (χ0v) is 12.0. The summed E-state index contributed by atoms with van der Waals surface area (Å²) in [5, 5.41) is 0.506. The van der Waals surface area contributed by atoms with Crippen molar-refractivity contribution in [3.63, 3.8) is 0 Å². The highest BCUT2D eigenvalue weighted by atomic mass is 79.9. The number of hydrogen-bond acceptors (Lipinski definition) is 2. The van der Waals surface area contributed by atoms with Gasteiger partial charge in [0.05, 0.1) is 10.2 Å². The van der Waals surface area contributed by atoms with Gasteiger partial charge in [-0.1, -0.05) is 25.4 Å². The lowest BCUT2D eigenvalue weighted by Gasteiger charge is -2.13. The third-order valence-electron chi connectivity index (χ3n) is 2.50. The fraction of sp³-hybridized carbons (Fsp3) is 0.231. The summed E-state index contributed by atoms with van der Waals surface area (Å²) in [6.45, 7) is 4.22. The highest BCUT2D eigenvalue weighted by Gasteiger charge is 2.13. The molecule has 0 atom stereocenters.